The summed E-state index contributed by atoms with van der Waals surface area (Å²) in [6.07, 6.45) is 0.222. The van der Waals surface area contributed by atoms with E-state index in [1.54, 1.807) is 11.4 Å². The molecular formula is C14H14O3S2. The number of carbonyl (C=O) groups excluding carboxylic acids is 2. The zero-order valence-corrected chi connectivity index (χ0v) is 12.1. The first-order valence-electron chi connectivity index (χ1n) is 6.00. The van der Waals surface area contributed by atoms with Crippen LogP contribution < -0.4 is 0 Å². The van der Waals surface area contributed by atoms with Crippen molar-refractivity contribution in [3.05, 3.63) is 44.8 Å². The van der Waals surface area contributed by atoms with Gasteiger partial charge in [-0.1, -0.05) is 6.92 Å². The SMILES string of the molecule is CCCC(=O)O[C@H](C(=O)c1ccsc1)c1ccsc1. The van der Waals surface area contributed by atoms with Gasteiger partial charge in [-0.3, -0.25) is 9.59 Å². The molecule has 0 bridgehead atoms. The summed E-state index contributed by atoms with van der Waals surface area (Å²) in [6.45, 7) is 1.90. The van der Waals surface area contributed by atoms with E-state index in [1.807, 2.05) is 29.1 Å². The minimum atomic E-state index is -0.820. The summed E-state index contributed by atoms with van der Waals surface area (Å²) in [6, 6.07) is 3.57. The summed E-state index contributed by atoms with van der Waals surface area (Å²) < 4.78 is 5.34. The molecule has 100 valence electrons. The summed E-state index contributed by atoms with van der Waals surface area (Å²) in [5.41, 5.74) is 1.33. The molecule has 0 aromatic carbocycles. The molecule has 0 aliphatic carbocycles. The molecule has 0 fully saturated rings. The lowest BCUT2D eigenvalue weighted by atomic mass is 10.0. The first kappa shape index (κ1) is 14.0. The van der Waals surface area contributed by atoms with Crippen LogP contribution in [0, 0.1) is 0 Å². The van der Waals surface area contributed by atoms with Gasteiger partial charge in [0.2, 0.25) is 5.78 Å². The van der Waals surface area contributed by atoms with Crippen LogP contribution >= 0.6 is 22.7 Å². The standard InChI is InChI=1S/C14H14O3S2/c1-2-3-12(15)17-14(11-5-7-19-9-11)13(16)10-4-6-18-8-10/h4-9,14H,2-3H2,1H3/t14-/m0/s1. The van der Waals surface area contributed by atoms with Crippen LogP contribution in [0.15, 0.2) is 33.7 Å². The molecule has 0 spiro atoms. The average Bonchev–Trinajstić information content (AvgIpc) is 3.07. The number of hydrogen-bond acceptors (Lipinski definition) is 5. The van der Waals surface area contributed by atoms with Gasteiger partial charge in [-0.25, -0.2) is 0 Å². The first-order chi connectivity index (χ1) is 9.22. The Bertz CT molecular complexity index is 529. The molecule has 1 atom stereocenters. The molecule has 2 heterocycles. The lowest BCUT2D eigenvalue weighted by Crippen LogP contribution is -2.19. The van der Waals surface area contributed by atoms with Crippen LogP contribution in [-0.4, -0.2) is 11.8 Å². The fourth-order valence-electron chi connectivity index (χ4n) is 1.65. The maximum atomic E-state index is 12.4. The normalized spacial score (nSPS) is 12.1. The number of hydrogen-bond donors (Lipinski definition) is 0. The summed E-state index contributed by atoms with van der Waals surface area (Å²) >= 11 is 2.94. The second-order valence-corrected chi connectivity index (χ2v) is 5.61. The Morgan fingerprint density at radius 3 is 2.53 bits per heavy atom. The van der Waals surface area contributed by atoms with E-state index in [1.165, 1.54) is 22.7 Å². The molecule has 3 nitrogen and oxygen atoms in total. The predicted octanol–water partition coefficient (Wildman–Crippen LogP) is 4.08. The molecule has 0 unspecified atom stereocenters. The number of thiophene rings is 2. The van der Waals surface area contributed by atoms with Gasteiger partial charge < -0.3 is 4.74 Å². The Kier molecular flexibility index (Phi) is 4.87. The lowest BCUT2D eigenvalue weighted by molar-refractivity contribution is -0.147. The third-order valence-corrected chi connectivity index (χ3v) is 3.98. The largest absolute Gasteiger partial charge is 0.449 e. The van der Waals surface area contributed by atoms with E-state index >= 15 is 0 Å². The summed E-state index contributed by atoms with van der Waals surface area (Å²) in [5.74, 6) is -0.494. The number of esters is 1. The van der Waals surface area contributed by atoms with Crippen LogP contribution in [0.4, 0.5) is 0 Å². The van der Waals surface area contributed by atoms with Crippen molar-refractivity contribution in [2.45, 2.75) is 25.9 Å². The molecule has 0 aliphatic rings. The zero-order chi connectivity index (χ0) is 13.7. The van der Waals surface area contributed by atoms with Crippen LogP contribution in [0.25, 0.3) is 0 Å². The Morgan fingerprint density at radius 2 is 1.95 bits per heavy atom. The quantitative estimate of drug-likeness (QED) is 0.595. The second kappa shape index (κ2) is 6.63. The minimum Gasteiger partial charge on any atom is -0.449 e. The van der Waals surface area contributed by atoms with E-state index in [4.69, 9.17) is 4.74 Å². The second-order valence-electron chi connectivity index (χ2n) is 4.05. The van der Waals surface area contributed by atoms with Crippen LogP contribution in [0.5, 0.6) is 0 Å². The molecular weight excluding hydrogens is 280 g/mol. The van der Waals surface area contributed by atoms with Crippen LogP contribution in [-0.2, 0) is 9.53 Å². The fraction of sp³-hybridized carbons (Fsp3) is 0.286. The summed E-state index contributed by atoms with van der Waals surface area (Å²) in [5, 5.41) is 7.33. The van der Waals surface area contributed by atoms with Gasteiger partial charge in [0.1, 0.15) is 0 Å². The van der Waals surface area contributed by atoms with Gasteiger partial charge in [0.25, 0.3) is 0 Å². The van der Waals surface area contributed by atoms with Crippen LogP contribution in [0.2, 0.25) is 0 Å². The van der Waals surface area contributed by atoms with E-state index in [9.17, 15) is 9.59 Å². The smallest absolute Gasteiger partial charge is 0.306 e. The highest BCUT2D eigenvalue weighted by molar-refractivity contribution is 7.08. The molecule has 2 rings (SSSR count). The third kappa shape index (κ3) is 3.52. The number of ether oxygens (including phenoxy) is 1. The monoisotopic (exact) mass is 294 g/mol. The maximum Gasteiger partial charge on any atom is 0.306 e. The highest BCUT2D eigenvalue weighted by Crippen LogP contribution is 2.26. The van der Waals surface area contributed by atoms with Gasteiger partial charge in [0, 0.05) is 22.9 Å². The Labute approximate surface area is 119 Å². The van der Waals surface area contributed by atoms with Crippen molar-refractivity contribution in [2.75, 3.05) is 0 Å². The van der Waals surface area contributed by atoms with Gasteiger partial charge in [-0.2, -0.15) is 22.7 Å². The Hall–Kier alpha value is -1.46. The Morgan fingerprint density at radius 1 is 1.21 bits per heavy atom. The third-order valence-electron chi connectivity index (χ3n) is 2.59. The lowest BCUT2D eigenvalue weighted by Gasteiger charge is -2.15. The minimum absolute atomic E-state index is 0.163. The Balaban J connectivity index is 2.20. The molecule has 0 radical (unpaired) electrons. The first-order valence-corrected chi connectivity index (χ1v) is 7.89. The molecule has 0 aliphatic heterocycles. The highest BCUT2D eigenvalue weighted by Gasteiger charge is 2.26. The van der Waals surface area contributed by atoms with Crippen LogP contribution in [0.1, 0.15) is 41.8 Å². The molecule has 5 heteroatoms. The molecule has 0 saturated carbocycles. The van der Waals surface area contributed by atoms with Gasteiger partial charge in [0.15, 0.2) is 6.10 Å². The predicted molar refractivity (Wildman–Crippen MR) is 76.7 cm³/mol. The molecule has 2 aromatic heterocycles. The molecule has 2 aromatic rings. The number of rotatable bonds is 6. The van der Waals surface area contributed by atoms with E-state index in [0.29, 0.717) is 18.4 Å². The van der Waals surface area contributed by atoms with E-state index in [2.05, 4.69) is 0 Å². The van der Waals surface area contributed by atoms with Crippen molar-refractivity contribution in [1.82, 2.24) is 0 Å². The van der Waals surface area contributed by atoms with Gasteiger partial charge in [-0.05, 0) is 34.7 Å². The summed E-state index contributed by atoms with van der Waals surface area (Å²) in [7, 11) is 0. The van der Waals surface area contributed by atoms with Crippen molar-refractivity contribution in [3.8, 4) is 0 Å². The zero-order valence-electron chi connectivity index (χ0n) is 10.5. The van der Waals surface area contributed by atoms with Crippen molar-refractivity contribution in [2.24, 2.45) is 0 Å². The van der Waals surface area contributed by atoms with Gasteiger partial charge >= 0.3 is 5.97 Å². The molecule has 19 heavy (non-hydrogen) atoms. The van der Waals surface area contributed by atoms with E-state index in [-0.39, 0.29) is 11.8 Å². The average molecular weight is 294 g/mol. The van der Waals surface area contributed by atoms with Gasteiger partial charge in [-0.15, -0.1) is 0 Å². The van der Waals surface area contributed by atoms with Crippen molar-refractivity contribution < 1.29 is 14.3 Å². The van der Waals surface area contributed by atoms with E-state index in [0.717, 1.165) is 5.56 Å². The topological polar surface area (TPSA) is 43.4 Å². The van der Waals surface area contributed by atoms with Crippen molar-refractivity contribution >= 4 is 34.4 Å². The number of carbonyl (C=O) groups is 2. The van der Waals surface area contributed by atoms with Crippen molar-refractivity contribution in [3.63, 3.8) is 0 Å². The van der Waals surface area contributed by atoms with Crippen molar-refractivity contribution in [1.29, 1.82) is 0 Å². The fourth-order valence-corrected chi connectivity index (χ4v) is 2.97. The summed E-state index contributed by atoms with van der Waals surface area (Å²) in [4.78, 5) is 24.0. The number of Topliss-reactive ketones (excluding diaryl/α,β-unsaturated/α-hetero) is 1. The molecule has 0 amide bonds. The van der Waals surface area contributed by atoms with E-state index < -0.39 is 6.10 Å². The molecule has 0 saturated heterocycles. The number of ketones is 1. The maximum absolute atomic E-state index is 12.4. The molecule has 0 N–H and O–H groups in total. The van der Waals surface area contributed by atoms with Crippen LogP contribution in [0.3, 0.4) is 0 Å². The highest BCUT2D eigenvalue weighted by atomic mass is 32.1. The van der Waals surface area contributed by atoms with Gasteiger partial charge in [0.05, 0.1) is 0 Å².